The fourth-order valence-electron chi connectivity index (χ4n) is 3.88. The lowest BCUT2D eigenvalue weighted by Crippen LogP contribution is -2.19. The standard InChI is InChI=1S/C25H17Cl5FN3O3/c1-11(35)32-20-9-13(31)3-7-19(20)34-23(36)15-10-14(4-6-16(15)26)33-24(37)22-21(25(22,29)30)12-2-5-17(27)18(28)8-12/h2-10,21-22H,1H3,(H,32,35)(H,33,37)(H,34,36)/t21-,22+/m0/s1. The minimum atomic E-state index is -1.36. The number of amides is 3. The van der Waals surface area contributed by atoms with Crippen molar-refractivity contribution in [3.05, 3.63) is 86.6 Å². The molecule has 0 aromatic heterocycles. The van der Waals surface area contributed by atoms with Gasteiger partial charge in [-0.2, -0.15) is 0 Å². The maximum atomic E-state index is 13.6. The molecule has 0 unspecified atom stereocenters. The third kappa shape index (κ3) is 5.97. The molecular formula is C25H17Cl5FN3O3. The van der Waals surface area contributed by atoms with Crippen molar-refractivity contribution in [1.29, 1.82) is 0 Å². The van der Waals surface area contributed by atoms with Gasteiger partial charge in [-0.15, -0.1) is 23.2 Å². The Morgan fingerprint density at radius 1 is 0.811 bits per heavy atom. The van der Waals surface area contributed by atoms with Crippen LogP contribution in [0.2, 0.25) is 15.1 Å². The van der Waals surface area contributed by atoms with Crippen molar-refractivity contribution in [3.63, 3.8) is 0 Å². The van der Waals surface area contributed by atoms with Crippen LogP contribution in [0, 0.1) is 11.7 Å². The van der Waals surface area contributed by atoms with Crippen LogP contribution in [0.25, 0.3) is 0 Å². The van der Waals surface area contributed by atoms with Gasteiger partial charge in [0.1, 0.15) is 10.2 Å². The predicted molar refractivity (Wildman–Crippen MR) is 146 cm³/mol. The van der Waals surface area contributed by atoms with Crippen LogP contribution in [0.1, 0.15) is 28.8 Å². The van der Waals surface area contributed by atoms with Gasteiger partial charge in [0.25, 0.3) is 5.91 Å². The number of anilines is 3. The molecule has 3 aromatic carbocycles. The van der Waals surface area contributed by atoms with E-state index in [2.05, 4.69) is 16.0 Å². The molecule has 1 aliphatic rings. The number of rotatable bonds is 6. The van der Waals surface area contributed by atoms with Crippen LogP contribution in [0.4, 0.5) is 21.5 Å². The molecule has 2 atom stereocenters. The molecule has 0 saturated heterocycles. The maximum Gasteiger partial charge on any atom is 0.257 e. The van der Waals surface area contributed by atoms with Gasteiger partial charge in [0.05, 0.1) is 37.9 Å². The third-order valence-electron chi connectivity index (χ3n) is 5.66. The van der Waals surface area contributed by atoms with Gasteiger partial charge in [-0.3, -0.25) is 14.4 Å². The maximum absolute atomic E-state index is 13.6. The first kappa shape index (κ1) is 27.5. The molecule has 3 amide bonds. The van der Waals surface area contributed by atoms with Crippen LogP contribution < -0.4 is 16.0 Å². The summed E-state index contributed by atoms with van der Waals surface area (Å²) in [7, 11) is 0. The highest BCUT2D eigenvalue weighted by atomic mass is 35.5. The van der Waals surface area contributed by atoms with Crippen molar-refractivity contribution in [3.8, 4) is 0 Å². The van der Waals surface area contributed by atoms with Crippen molar-refractivity contribution in [2.24, 2.45) is 5.92 Å². The summed E-state index contributed by atoms with van der Waals surface area (Å²) in [5.41, 5.74) is 1.18. The monoisotopic (exact) mass is 601 g/mol. The fourth-order valence-corrected chi connectivity index (χ4v) is 5.22. The van der Waals surface area contributed by atoms with Crippen LogP contribution in [0.3, 0.4) is 0 Å². The normalized spacial score (nSPS) is 17.6. The molecule has 0 spiro atoms. The summed E-state index contributed by atoms with van der Waals surface area (Å²) >= 11 is 31.1. The lowest BCUT2D eigenvalue weighted by molar-refractivity contribution is -0.117. The van der Waals surface area contributed by atoms with Crippen LogP contribution in [0.5, 0.6) is 0 Å². The number of nitrogens with one attached hydrogen (secondary N) is 3. The molecule has 37 heavy (non-hydrogen) atoms. The molecule has 6 nitrogen and oxygen atoms in total. The number of carbonyl (C=O) groups is 3. The molecular weight excluding hydrogens is 587 g/mol. The fraction of sp³-hybridized carbons (Fsp3) is 0.160. The molecule has 0 radical (unpaired) electrons. The minimum Gasteiger partial charge on any atom is -0.326 e. The van der Waals surface area contributed by atoms with Crippen molar-refractivity contribution in [2.75, 3.05) is 16.0 Å². The van der Waals surface area contributed by atoms with Crippen LogP contribution in [-0.4, -0.2) is 22.1 Å². The van der Waals surface area contributed by atoms with E-state index in [1.807, 2.05) is 0 Å². The van der Waals surface area contributed by atoms with Gasteiger partial charge in [-0.25, -0.2) is 4.39 Å². The highest BCUT2D eigenvalue weighted by molar-refractivity contribution is 6.53. The molecule has 1 fully saturated rings. The summed E-state index contributed by atoms with van der Waals surface area (Å²) < 4.78 is 12.3. The summed E-state index contributed by atoms with van der Waals surface area (Å²) in [6.07, 6.45) is 0. The average Bonchev–Trinajstić information content (AvgIpc) is 3.40. The molecule has 1 aliphatic carbocycles. The Morgan fingerprint density at radius 2 is 1.51 bits per heavy atom. The Balaban J connectivity index is 1.52. The molecule has 1 saturated carbocycles. The first-order valence-electron chi connectivity index (χ1n) is 10.7. The Labute approximate surface area is 236 Å². The molecule has 0 bridgehead atoms. The molecule has 4 rings (SSSR count). The molecule has 12 heteroatoms. The van der Waals surface area contributed by atoms with Crippen molar-refractivity contribution in [2.45, 2.75) is 17.2 Å². The van der Waals surface area contributed by atoms with Crippen molar-refractivity contribution >= 4 is 92.8 Å². The quantitative estimate of drug-likeness (QED) is 0.255. The second-order valence-corrected chi connectivity index (χ2v) is 11.0. The second kappa shape index (κ2) is 10.7. The predicted octanol–water partition coefficient (Wildman–Crippen LogP) is 7.52. The van der Waals surface area contributed by atoms with Crippen molar-refractivity contribution in [1.82, 2.24) is 0 Å². The second-order valence-electron chi connectivity index (χ2n) is 8.31. The summed E-state index contributed by atoms with van der Waals surface area (Å²) in [5.74, 6) is -3.48. The number of halogens is 6. The van der Waals surface area contributed by atoms with Gasteiger partial charge in [-0.1, -0.05) is 40.9 Å². The number of benzene rings is 3. The van der Waals surface area contributed by atoms with E-state index in [9.17, 15) is 18.8 Å². The number of alkyl halides is 2. The lowest BCUT2D eigenvalue weighted by atomic mass is 10.1. The zero-order valence-corrected chi connectivity index (χ0v) is 22.6. The van der Waals surface area contributed by atoms with E-state index in [0.717, 1.165) is 12.1 Å². The lowest BCUT2D eigenvalue weighted by Gasteiger charge is -2.13. The number of hydrogen-bond acceptors (Lipinski definition) is 3. The SMILES string of the molecule is CC(=O)Nc1cc(F)ccc1NC(=O)c1cc(NC(=O)[C@H]2[C@H](c3ccc(Cl)c(Cl)c3)C2(Cl)Cl)ccc1Cl. The number of hydrogen-bond donors (Lipinski definition) is 3. The van der Waals surface area contributed by atoms with Crippen LogP contribution in [-0.2, 0) is 9.59 Å². The minimum absolute atomic E-state index is 0.0254. The third-order valence-corrected chi connectivity index (χ3v) is 7.67. The molecule has 0 aliphatic heterocycles. The Kier molecular flexibility index (Phi) is 7.93. The van der Waals surface area contributed by atoms with E-state index in [0.29, 0.717) is 15.6 Å². The van der Waals surface area contributed by atoms with Crippen LogP contribution in [0.15, 0.2) is 54.6 Å². The Morgan fingerprint density at radius 3 is 2.19 bits per heavy atom. The first-order valence-corrected chi connectivity index (χ1v) is 12.6. The van der Waals surface area contributed by atoms with E-state index in [4.69, 9.17) is 58.0 Å². The topological polar surface area (TPSA) is 87.3 Å². The summed E-state index contributed by atoms with van der Waals surface area (Å²) in [5, 5.41) is 8.51. The molecule has 0 heterocycles. The van der Waals surface area contributed by atoms with E-state index < -0.39 is 39.7 Å². The van der Waals surface area contributed by atoms with E-state index in [1.54, 1.807) is 18.2 Å². The van der Waals surface area contributed by atoms with Gasteiger partial charge in [-0.05, 0) is 54.1 Å². The van der Waals surface area contributed by atoms with Crippen molar-refractivity contribution < 1.29 is 18.8 Å². The molecule has 3 aromatic rings. The Bertz CT molecular complexity index is 1430. The smallest absolute Gasteiger partial charge is 0.257 e. The molecule has 3 N–H and O–H groups in total. The van der Waals surface area contributed by atoms with Gasteiger partial charge >= 0.3 is 0 Å². The zero-order chi connectivity index (χ0) is 27.1. The van der Waals surface area contributed by atoms with E-state index in [1.165, 1.54) is 31.2 Å². The van der Waals surface area contributed by atoms with Gasteiger partial charge in [0.2, 0.25) is 11.8 Å². The largest absolute Gasteiger partial charge is 0.326 e. The van der Waals surface area contributed by atoms with Gasteiger partial charge in [0, 0.05) is 18.5 Å². The zero-order valence-electron chi connectivity index (χ0n) is 18.8. The molecule has 192 valence electrons. The summed E-state index contributed by atoms with van der Waals surface area (Å²) in [6.45, 7) is 1.25. The highest BCUT2D eigenvalue weighted by Crippen LogP contribution is 2.65. The highest BCUT2D eigenvalue weighted by Gasteiger charge is 2.67. The Hall–Kier alpha value is -2.55. The van der Waals surface area contributed by atoms with E-state index in [-0.39, 0.29) is 27.6 Å². The van der Waals surface area contributed by atoms with Gasteiger partial charge < -0.3 is 16.0 Å². The van der Waals surface area contributed by atoms with E-state index >= 15 is 0 Å². The average molecular weight is 604 g/mol. The first-order chi connectivity index (χ1) is 17.4. The van der Waals surface area contributed by atoms with Crippen LogP contribution >= 0.6 is 58.0 Å². The number of carbonyl (C=O) groups excluding carboxylic acids is 3. The van der Waals surface area contributed by atoms with Gasteiger partial charge in [0.15, 0.2) is 0 Å². The summed E-state index contributed by atoms with van der Waals surface area (Å²) in [4.78, 5) is 37.4. The summed E-state index contributed by atoms with van der Waals surface area (Å²) in [6, 6.07) is 12.7.